The highest BCUT2D eigenvalue weighted by atomic mass is 79.9. The molecule has 0 radical (unpaired) electrons. The Labute approximate surface area is 94.3 Å². The Bertz CT molecular complexity index is 451. The first-order valence-electron chi connectivity index (χ1n) is 4.00. The second-order valence-electron chi connectivity index (χ2n) is 3.08. The Morgan fingerprint density at radius 2 is 2.21 bits per heavy atom. The van der Waals surface area contributed by atoms with Crippen molar-refractivity contribution < 1.29 is 9.90 Å². The van der Waals surface area contributed by atoms with Gasteiger partial charge < -0.3 is 5.11 Å². The maximum atomic E-state index is 10.8. The molecule has 0 aliphatic heterocycles. The number of carboxylic acid groups (broad SMARTS) is 1. The summed E-state index contributed by atoms with van der Waals surface area (Å²) in [5.41, 5.74) is 2.06. The largest absolute Gasteiger partial charge is 0.478 e. The van der Waals surface area contributed by atoms with Crippen LogP contribution in [0.5, 0.6) is 0 Å². The van der Waals surface area contributed by atoms with E-state index in [0.717, 1.165) is 15.6 Å². The fraction of sp³-hybridized carbons (Fsp3) is 0.100. The molecular formula is C10H6BrClO2. The minimum atomic E-state index is -0.942. The van der Waals surface area contributed by atoms with E-state index in [1.54, 1.807) is 0 Å². The Kier molecular flexibility index (Phi) is 2.37. The normalized spacial score (nSPS) is 14.4. The van der Waals surface area contributed by atoms with Crippen molar-refractivity contribution in [2.75, 3.05) is 0 Å². The zero-order valence-electron chi connectivity index (χ0n) is 7.05. The molecule has 0 unspecified atom stereocenters. The van der Waals surface area contributed by atoms with Crippen LogP contribution in [0.15, 0.2) is 28.2 Å². The van der Waals surface area contributed by atoms with E-state index in [1.165, 1.54) is 0 Å². The van der Waals surface area contributed by atoms with Gasteiger partial charge >= 0.3 is 5.97 Å². The maximum Gasteiger partial charge on any atom is 0.333 e. The molecule has 2 nitrogen and oxygen atoms in total. The van der Waals surface area contributed by atoms with Crippen LogP contribution < -0.4 is 0 Å². The van der Waals surface area contributed by atoms with Crippen molar-refractivity contribution in [1.82, 2.24) is 0 Å². The molecule has 72 valence electrons. The van der Waals surface area contributed by atoms with E-state index in [1.807, 2.05) is 18.2 Å². The number of halogens is 2. The van der Waals surface area contributed by atoms with Gasteiger partial charge in [-0.2, -0.15) is 0 Å². The summed E-state index contributed by atoms with van der Waals surface area (Å²) in [6, 6.07) is 5.61. The smallest absolute Gasteiger partial charge is 0.333 e. The lowest BCUT2D eigenvalue weighted by Gasteiger charge is -1.98. The zero-order valence-corrected chi connectivity index (χ0v) is 9.39. The quantitative estimate of drug-likeness (QED) is 0.854. The zero-order chi connectivity index (χ0) is 10.3. The molecule has 0 saturated carbocycles. The Balaban J connectivity index is 2.55. The summed E-state index contributed by atoms with van der Waals surface area (Å²) in [6.07, 6.45) is 0.413. The van der Waals surface area contributed by atoms with Crippen molar-refractivity contribution in [1.29, 1.82) is 0 Å². The second-order valence-corrected chi connectivity index (χ2v) is 4.37. The molecule has 1 aromatic carbocycles. The van der Waals surface area contributed by atoms with Gasteiger partial charge in [-0.1, -0.05) is 33.6 Å². The van der Waals surface area contributed by atoms with Gasteiger partial charge in [0.05, 0.1) is 10.6 Å². The number of benzene rings is 1. The number of carbonyl (C=O) groups is 1. The minimum Gasteiger partial charge on any atom is -0.478 e. The molecule has 0 fully saturated rings. The van der Waals surface area contributed by atoms with E-state index in [2.05, 4.69) is 15.9 Å². The van der Waals surface area contributed by atoms with Gasteiger partial charge in [-0.3, -0.25) is 0 Å². The van der Waals surface area contributed by atoms with Crippen molar-refractivity contribution in [2.45, 2.75) is 6.42 Å². The highest BCUT2D eigenvalue weighted by molar-refractivity contribution is 9.10. The number of hydrogen-bond acceptors (Lipinski definition) is 1. The minimum absolute atomic E-state index is 0.278. The highest BCUT2D eigenvalue weighted by Crippen LogP contribution is 2.36. The van der Waals surface area contributed by atoms with Crippen molar-refractivity contribution >= 4 is 38.5 Å². The molecule has 0 bridgehead atoms. The van der Waals surface area contributed by atoms with E-state index in [0.29, 0.717) is 11.5 Å². The number of fused-ring (bicyclic) bond motifs is 1. The summed E-state index contributed by atoms with van der Waals surface area (Å²) in [4.78, 5) is 10.8. The highest BCUT2D eigenvalue weighted by Gasteiger charge is 2.24. The summed E-state index contributed by atoms with van der Waals surface area (Å²) in [5.74, 6) is -0.942. The SMILES string of the molecule is O=C(O)C1=C(Cl)c2cc(Br)ccc2C1. The molecule has 0 atom stereocenters. The molecule has 1 aliphatic carbocycles. The van der Waals surface area contributed by atoms with Gasteiger partial charge in [-0.15, -0.1) is 0 Å². The molecule has 1 aromatic rings. The molecule has 2 rings (SSSR count). The summed E-state index contributed by atoms with van der Waals surface area (Å²) in [7, 11) is 0. The van der Waals surface area contributed by atoms with E-state index >= 15 is 0 Å². The van der Waals surface area contributed by atoms with Crippen LogP contribution in [0.1, 0.15) is 11.1 Å². The van der Waals surface area contributed by atoms with Crippen molar-refractivity contribution in [2.24, 2.45) is 0 Å². The Morgan fingerprint density at radius 3 is 2.86 bits per heavy atom. The Hall–Kier alpha value is -0.800. The van der Waals surface area contributed by atoms with Crippen LogP contribution in [0.3, 0.4) is 0 Å². The first-order valence-corrected chi connectivity index (χ1v) is 5.17. The molecule has 0 saturated heterocycles. The summed E-state index contributed by atoms with van der Waals surface area (Å²) in [5, 5.41) is 9.23. The predicted octanol–water partition coefficient (Wildman–Crippen LogP) is 3.04. The van der Waals surface area contributed by atoms with Gasteiger partial charge in [0.1, 0.15) is 0 Å². The standard InChI is InChI=1S/C10H6BrClO2/c11-6-2-1-5-3-8(10(13)14)9(12)7(5)4-6/h1-2,4H,3H2,(H,13,14). The van der Waals surface area contributed by atoms with Gasteiger partial charge in [-0.25, -0.2) is 4.79 Å². The van der Waals surface area contributed by atoms with Gasteiger partial charge in [0.15, 0.2) is 0 Å². The maximum absolute atomic E-state index is 10.8. The first kappa shape index (κ1) is 9.74. The van der Waals surface area contributed by atoms with E-state index < -0.39 is 5.97 Å². The summed E-state index contributed by atoms with van der Waals surface area (Å²) in [6.45, 7) is 0. The third-order valence-corrected chi connectivity index (χ3v) is 3.12. The van der Waals surface area contributed by atoms with Crippen LogP contribution in [-0.2, 0) is 11.2 Å². The van der Waals surface area contributed by atoms with Crippen molar-refractivity contribution in [3.63, 3.8) is 0 Å². The first-order chi connectivity index (χ1) is 6.59. The Morgan fingerprint density at radius 1 is 1.50 bits per heavy atom. The number of carboxylic acids is 1. The molecule has 0 aromatic heterocycles. The third kappa shape index (κ3) is 1.47. The van der Waals surface area contributed by atoms with E-state index in [4.69, 9.17) is 16.7 Å². The van der Waals surface area contributed by atoms with E-state index in [9.17, 15) is 4.79 Å². The second kappa shape index (κ2) is 3.41. The van der Waals surface area contributed by atoms with Gasteiger partial charge in [0, 0.05) is 10.9 Å². The molecule has 4 heteroatoms. The van der Waals surface area contributed by atoms with Crippen LogP contribution >= 0.6 is 27.5 Å². The lowest BCUT2D eigenvalue weighted by Crippen LogP contribution is -2.00. The summed E-state index contributed by atoms with van der Waals surface area (Å²) >= 11 is 9.27. The number of aliphatic carboxylic acids is 1. The summed E-state index contributed by atoms with van der Waals surface area (Å²) < 4.78 is 0.904. The van der Waals surface area contributed by atoms with Crippen molar-refractivity contribution in [3.8, 4) is 0 Å². The molecule has 14 heavy (non-hydrogen) atoms. The monoisotopic (exact) mass is 272 g/mol. The predicted molar refractivity (Wildman–Crippen MR) is 58.3 cm³/mol. The third-order valence-electron chi connectivity index (χ3n) is 2.20. The van der Waals surface area contributed by atoms with Gasteiger partial charge in [0.2, 0.25) is 0 Å². The molecule has 1 N–H and O–H groups in total. The molecule has 1 aliphatic rings. The van der Waals surface area contributed by atoms with Crippen LogP contribution in [0, 0.1) is 0 Å². The molecule has 0 heterocycles. The topological polar surface area (TPSA) is 37.3 Å². The fourth-order valence-corrected chi connectivity index (χ4v) is 2.19. The molecular weight excluding hydrogens is 267 g/mol. The molecule has 0 spiro atoms. The van der Waals surface area contributed by atoms with Gasteiger partial charge in [-0.05, 0) is 23.3 Å². The van der Waals surface area contributed by atoms with Crippen LogP contribution in [-0.4, -0.2) is 11.1 Å². The lowest BCUT2D eigenvalue weighted by molar-refractivity contribution is -0.132. The van der Waals surface area contributed by atoms with Crippen LogP contribution in [0.25, 0.3) is 5.03 Å². The van der Waals surface area contributed by atoms with Gasteiger partial charge in [0.25, 0.3) is 0 Å². The fourth-order valence-electron chi connectivity index (χ4n) is 1.51. The number of hydrogen-bond donors (Lipinski definition) is 1. The average Bonchev–Trinajstić information content (AvgIpc) is 2.44. The van der Waals surface area contributed by atoms with E-state index in [-0.39, 0.29) is 5.57 Å². The lowest BCUT2D eigenvalue weighted by atomic mass is 10.1. The number of rotatable bonds is 1. The van der Waals surface area contributed by atoms with Crippen LogP contribution in [0.4, 0.5) is 0 Å². The van der Waals surface area contributed by atoms with Crippen molar-refractivity contribution in [3.05, 3.63) is 39.4 Å². The molecule has 0 amide bonds. The van der Waals surface area contributed by atoms with Crippen LogP contribution in [0.2, 0.25) is 0 Å². The average molecular weight is 274 g/mol.